The molecular weight excluding hydrogens is 231 g/mol. The van der Waals surface area contributed by atoms with E-state index in [1.807, 2.05) is 20.8 Å². The fourth-order valence-corrected chi connectivity index (χ4v) is 1.84. The Labute approximate surface area is 108 Å². The molecule has 0 fully saturated rings. The second kappa shape index (κ2) is 6.50. The molecule has 0 unspecified atom stereocenters. The van der Waals surface area contributed by atoms with Crippen LogP contribution in [0.15, 0.2) is 18.2 Å². The van der Waals surface area contributed by atoms with E-state index >= 15 is 0 Å². The Kier molecular flexibility index (Phi) is 5.28. The molecular formula is C14H21FN2O. The number of rotatable bonds is 5. The van der Waals surface area contributed by atoms with Gasteiger partial charge >= 0.3 is 0 Å². The fourth-order valence-electron chi connectivity index (χ4n) is 1.84. The number of carbonyl (C=O) groups is 1. The summed E-state index contributed by atoms with van der Waals surface area (Å²) in [4.78, 5) is 14.1. The molecule has 0 spiro atoms. The van der Waals surface area contributed by atoms with Crippen LogP contribution in [0.25, 0.3) is 0 Å². The summed E-state index contributed by atoms with van der Waals surface area (Å²) in [5, 5.41) is 0. The van der Waals surface area contributed by atoms with Crippen LogP contribution in [0.1, 0.15) is 36.2 Å². The fraction of sp³-hybridized carbons (Fsp3) is 0.500. The first-order valence-electron chi connectivity index (χ1n) is 6.24. The molecule has 0 aromatic heterocycles. The van der Waals surface area contributed by atoms with Crippen molar-refractivity contribution in [1.29, 1.82) is 0 Å². The normalized spacial score (nSPS) is 10.8. The Morgan fingerprint density at radius 2 is 2.11 bits per heavy atom. The van der Waals surface area contributed by atoms with E-state index in [2.05, 4.69) is 0 Å². The number of carbonyl (C=O) groups excluding carboxylic acids is 1. The van der Waals surface area contributed by atoms with Gasteiger partial charge in [0.25, 0.3) is 5.91 Å². The van der Waals surface area contributed by atoms with Gasteiger partial charge in [0.15, 0.2) is 0 Å². The van der Waals surface area contributed by atoms with E-state index in [1.165, 1.54) is 12.1 Å². The number of halogens is 1. The molecule has 0 aliphatic heterocycles. The van der Waals surface area contributed by atoms with Gasteiger partial charge in [-0.15, -0.1) is 0 Å². The Morgan fingerprint density at radius 3 is 2.67 bits per heavy atom. The topological polar surface area (TPSA) is 46.3 Å². The zero-order valence-electron chi connectivity index (χ0n) is 11.2. The van der Waals surface area contributed by atoms with Crippen LogP contribution in [0.3, 0.4) is 0 Å². The van der Waals surface area contributed by atoms with Gasteiger partial charge in [0.1, 0.15) is 5.82 Å². The van der Waals surface area contributed by atoms with E-state index in [1.54, 1.807) is 11.0 Å². The third kappa shape index (κ3) is 3.53. The number of benzene rings is 1. The number of nitrogens with zero attached hydrogens (tertiary/aromatic N) is 1. The maximum absolute atomic E-state index is 13.2. The zero-order chi connectivity index (χ0) is 13.7. The molecule has 0 aliphatic carbocycles. The lowest BCUT2D eigenvalue weighted by atomic mass is 10.1. The first kappa shape index (κ1) is 14.6. The zero-order valence-corrected chi connectivity index (χ0v) is 11.2. The van der Waals surface area contributed by atoms with E-state index in [0.717, 1.165) is 12.0 Å². The van der Waals surface area contributed by atoms with Crippen LogP contribution in [0.4, 0.5) is 4.39 Å². The molecule has 3 nitrogen and oxygen atoms in total. The van der Waals surface area contributed by atoms with Crippen LogP contribution < -0.4 is 5.73 Å². The average Bonchev–Trinajstić information content (AvgIpc) is 2.32. The highest BCUT2D eigenvalue weighted by molar-refractivity contribution is 5.95. The molecule has 1 aromatic rings. The maximum Gasteiger partial charge on any atom is 0.254 e. The minimum Gasteiger partial charge on any atom is -0.336 e. The van der Waals surface area contributed by atoms with Crippen LogP contribution >= 0.6 is 0 Å². The Hall–Kier alpha value is -1.42. The van der Waals surface area contributed by atoms with Gasteiger partial charge in [-0.05, 0) is 51.4 Å². The standard InChI is InChI=1S/C14H21FN2O/c1-10(2)17(8-4-7-16)14(18)13-9-12(15)6-5-11(13)3/h5-6,9-10H,4,7-8,16H2,1-3H3. The molecule has 2 N–H and O–H groups in total. The summed E-state index contributed by atoms with van der Waals surface area (Å²) >= 11 is 0. The van der Waals surface area contributed by atoms with Crippen molar-refractivity contribution in [2.24, 2.45) is 5.73 Å². The van der Waals surface area contributed by atoms with E-state index in [-0.39, 0.29) is 17.8 Å². The van der Waals surface area contributed by atoms with Crippen LogP contribution in [0, 0.1) is 12.7 Å². The second-order valence-corrected chi connectivity index (χ2v) is 4.69. The van der Waals surface area contributed by atoms with Crippen molar-refractivity contribution >= 4 is 5.91 Å². The molecule has 0 saturated carbocycles. The van der Waals surface area contributed by atoms with Crippen molar-refractivity contribution in [3.63, 3.8) is 0 Å². The van der Waals surface area contributed by atoms with Crippen molar-refractivity contribution in [2.75, 3.05) is 13.1 Å². The van der Waals surface area contributed by atoms with Crippen LogP contribution in [-0.2, 0) is 0 Å². The minimum absolute atomic E-state index is 0.0757. The lowest BCUT2D eigenvalue weighted by molar-refractivity contribution is 0.0703. The van der Waals surface area contributed by atoms with E-state index in [9.17, 15) is 9.18 Å². The lowest BCUT2D eigenvalue weighted by Crippen LogP contribution is -2.38. The molecule has 0 aliphatic rings. The predicted octanol–water partition coefficient (Wildman–Crippen LogP) is 2.33. The Morgan fingerprint density at radius 1 is 1.44 bits per heavy atom. The summed E-state index contributed by atoms with van der Waals surface area (Å²) < 4.78 is 13.2. The smallest absolute Gasteiger partial charge is 0.254 e. The van der Waals surface area contributed by atoms with Crippen LogP contribution in [0.2, 0.25) is 0 Å². The van der Waals surface area contributed by atoms with Gasteiger partial charge < -0.3 is 10.6 Å². The molecule has 0 radical (unpaired) electrons. The summed E-state index contributed by atoms with van der Waals surface area (Å²) in [7, 11) is 0. The van der Waals surface area contributed by atoms with Gasteiger partial charge in [-0.3, -0.25) is 4.79 Å². The van der Waals surface area contributed by atoms with Crippen molar-refractivity contribution in [1.82, 2.24) is 4.90 Å². The number of hydrogen-bond donors (Lipinski definition) is 1. The second-order valence-electron chi connectivity index (χ2n) is 4.69. The largest absolute Gasteiger partial charge is 0.336 e. The third-order valence-corrected chi connectivity index (χ3v) is 2.92. The first-order chi connectivity index (χ1) is 8.47. The van der Waals surface area contributed by atoms with Gasteiger partial charge in [-0.1, -0.05) is 6.07 Å². The molecule has 18 heavy (non-hydrogen) atoms. The molecule has 0 saturated heterocycles. The van der Waals surface area contributed by atoms with E-state index in [4.69, 9.17) is 5.73 Å². The molecule has 1 rings (SSSR count). The average molecular weight is 252 g/mol. The molecule has 0 bridgehead atoms. The number of hydrogen-bond acceptors (Lipinski definition) is 2. The summed E-state index contributed by atoms with van der Waals surface area (Å²) in [6.45, 7) is 6.85. The Balaban J connectivity index is 2.98. The highest BCUT2D eigenvalue weighted by Gasteiger charge is 2.20. The number of amides is 1. The first-order valence-corrected chi connectivity index (χ1v) is 6.24. The summed E-state index contributed by atoms with van der Waals surface area (Å²) in [6, 6.07) is 4.37. The van der Waals surface area contributed by atoms with Crippen LogP contribution in [0.5, 0.6) is 0 Å². The van der Waals surface area contributed by atoms with Crippen molar-refractivity contribution in [3.05, 3.63) is 35.1 Å². The molecule has 1 aromatic carbocycles. The lowest BCUT2D eigenvalue weighted by Gasteiger charge is -2.27. The number of nitrogens with two attached hydrogens (primary N) is 1. The summed E-state index contributed by atoms with van der Waals surface area (Å²) in [5.74, 6) is -0.512. The predicted molar refractivity (Wildman–Crippen MR) is 71.0 cm³/mol. The number of aryl methyl sites for hydroxylation is 1. The van der Waals surface area contributed by atoms with Gasteiger partial charge in [0.2, 0.25) is 0 Å². The van der Waals surface area contributed by atoms with Crippen LogP contribution in [-0.4, -0.2) is 29.9 Å². The van der Waals surface area contributed by atoms with E-state index < -0.39 is 0 Å². The van der Waals surface area contributed by atoms with Crippen molar-refractivity contribution in [3.8, 4) is 0 Å². The molecule has 1 amide bonds. The maximum atomic E-state index is 13.2. The van der Waals surface area contributed by atoms with Gasteiger partial charge in [-0.25, -0.2) is 4.39 Å². The van der Waals surface area contributed by atoms with Gasteiger partial charge in [0, 0.05) is 18.2 Å². The molecule has 0 heterocycles. The highest BCUT2D eigenvalue weighted by atomic mass is 19.1. The monoisotopic (exact) mass is 252 g/mol. The quantitative estimate of drug-likeness (QED) is 0.874. The molecule has 4 heteroatoms. The van der Waals surface area contributed by atoms with Gasteiger partial charge in [0.05, 0.1) is 0 Å². The Bertz CT molecular complexity index is 418. The third-order valence-electron chi connectivity index (χ3n) is 2.92. The van der Waals surface area contributed by atoms with E-state index in [0.29, 0.717) is 18.7 Å². The summed E-state index contributed by atoms with van der Waals surface area (Å²) in [6.07, 6.45) is 0.748. The highest BCUT2D eigenvalue weighted by Crippen LogP contribution is 2.15. The SMILES string of the molecule is Cc1ccc(F)cc1C(=O)N(CCCN)C(C)C. The molecule has 0 atom stereocenters. The van der Waals surface area contributed by atoms with Crippen molar-refractivity contribution in [2.45, 2.75) is 33.2 Å². The van der Waals surface area contributed by atoms with Gasteiger partial charge in [-0.2, -0.15) is 0 Å². The minimum atomic E-state index is -0.383. The molecule has 100 valence electrons. The van der Waals surface area contributed by atoms with Crippen molar-refractivity contribution < 1.29 is 9.18 Å². The summed E-state index contributed by atoms with van der Waals surface area (Å²) in [5.41, 5.74) is 6.69.